The number of epoxide rings is 3. The predicted molar refractivity (Wildman–Crippen MR) is 315 cm³/mol. The summed E-state index contributed by atoms with van der Waals surface area (Å²) in [5.41, 5.74) is 0. The first-order valence-corrected chi connectivity index (χ1v) is 33.8. The summed E-state index contributed by atoms with van der Waals surface area (Å²) >= 11 is 0. The lowest BCUT2D eigenvalue weighted by Gasteiger charge is -2.21. The molecule has 0 spiro atoms. The molecule has 3 saturated heterocycles. The molecule has 6 unspecified atom stereocenters. The lowest BCUT2D eigenvalue weighted by molar-refractivity contribution is 0.115. The van der Waals surface area contributed by atoms with Crippen LogP contribution in [0.3, 0.4) is 0 Å². The second kappa shape index (κ2) is 47.1. The molecule has 0 saturated carbocycles. The molecule has 0 amide bonds. The van der Waals surface area contributed by atoms with Gasteiger partial charge in [0, 0.05) is 19.3 Å². The van der Waals surface area contributed by atoms with Crippen LogP contribution in [0.1, 0.15) is 348 Å². The molecule has 438 valence electrons. The highest BCUT2D eigenvalue weighted by Gasteiger charge is 2.32. The van der Waals surface area contributed by atoms with E-state index in [1.807, 2.05) is 0 Å². The Morgan fingerprint density at radius 1 is 0.280 bits per heavy atom. The molecule has 75 heavy (non-hydrogen) atoms. The number of rotatable bonds is 60. The molecular weight excluding hydrogens is 931 g/mol. The maximum absolute atomic E-state index is 6.75. The van der Waals surface area contributed by atoms with Crippen LogP contribution < -0.4 is 14.2 Å². The van der Waals surface area contributed by atoms with Gasteiger partial charge in [0.1, 0.15) is 18.3 Å². The van der Waals surface area contributed by atoms with Gasteiger partial charge in [-0.1, -0.05) is 290 Å². The van der Waals surface area contributed by atoms with Crippen LogP contribution in [0.2, 0.25) is 0 Å². The van der Waals surface area contributed by atoms with E-state index < -0.39 is 0 Å². The van der Waals surface area contributed by atoms with Crippen molar-refractivity contribution in [3.63, 3.8) is 0 Å². The summed E-state index contributed by atoms with van der Waals surface area (Å²) in [6.07, 6.45) is 67.6. The quantitative estimate of drug-likeness (QED) is 0.0466. The van der Waals surface area contributed by atoms with Crippen molar-refractivity contribution in [1.82, 2.24) is 15.0 Å². The second-order valence-corrected chi connectivity index (χ2v) is 24.2. The van der Waals surface area contributed by atoms with E-state index in [9.17, 15) is 0 Å². The van der Waals surface area contributed by atoms with Gasteiger partial charge in [0.05, 0.1) is 38.1 Å². The first-order chi connectivity index (χ1) is 37.1. The predicted octanol–water partition coefficient (Wildman–Crippen LogP) is 20.3. The topological polar surface area (TPSA) is 104 Å². The minimum Gasteiger partial charge on any atom is -0.460 e. The third-order valence-electron chi connectivity index (χ3n) is 16.6. The Morgan fingerprint density at radius 3 is 0.600 bits per heavy atom. The van der Waals surface area contributed by atoms with E-state index in [1.54, 1.807) is 0 Å². The van der Waals surface area contributed by atoms with Gasteiger partial charge in [0.15, 0.2) is 0 Å². The summed E-state index contributed by atoms with van der Waals surface area (Å²) in [6.45, 7) is 9.34. The van der Waals surface area contributed by atoms with Gasteiger partial charge < -0.3 is 28.4 Å². The van der Waals surface area contributed by atoms with Crippen LogP contribution in [-0.2, 0) is 14.2 Å². The average molecular weight is 1050 g/mol. The van der Waals surface area contributed by atoms with Crippen molar-refractivity contribution in [2.75, 3.05) is 19.8 Å². The highest BCUT2D eigenvalue weighted by Crippen LogP contribution is 2.29. The van der Waals surface area contributed by atoms with E-state index in [0.29, 0.717) is 18.0 Å². The third-order valence-corrected chi connectivity index (χ3v) is 16.6. The molecule has 0 aromatic carbocycles. The molecule has 3 fully saturated rings. The molecule has 1 aromatic rings. The first-order valence-electron chi connectivity index (χ1n) is 33.8. The molecule has 1 aromatic heterocycles. The summed E-state index contributed by atoms with van der Waals surface area (Å²) in [4.78, 5) is 14.7. The van der Waals surface area contributed by atoms with Gasteiger partial charge in [-0.05, 0) is 38.5 Å². The van der Waals surface area contributed by atoms with Crippen molar-refractivity contribution in [3.05, 3.63) is 0 Å². The summed E-state index contributed by atoms with van der Waals surface area (Å²) in [6, 6.07) is 0.968. The highest BCUT2D eigenvalue weighted by atomic mass is 16.6. The van der Waals surface area contributed by atoms with E-state index in [4.69, 9.17) is 43.4 Å². The van der Waals surface area contributed by atoms with E-state index in [-0.39, 0.29) is 36.6 Å². The summed E-state index contributed by atoms with van der Waals surface area (Å²) in [5.74, 6) is 0. The smallest absolute Gasteiger partial charge is 0.326 e. The Kier molecular flexibility index (Phi) is 41.4. The Bertz CT molecular complexity index is 1220. The molecule has 6 atom stereocenters. The normalized spacial score (nSPS) is 18.0. The Balaban J connectivity index is 1.24. The van der Waals surface area contributed by atoms with Crippen molar-refractivity contribution in [2.24, 2.45) is 0 Å². The van der Waals surface area contributed by atoms with Gasteiger partial charge in [0.2, 0.25) is 0 Å². The fourth-order valence-electron chi connectivity index (χ4n) is 11.3. The number of hydrogen-bond acceptors (Lipinski definition) is 9. The van der Waals surface area contributed by atoms with E-state index in [2.05, 4.69) is 20.8 Å². The fraction of sp³-hybridized carbons (Fsp3) is 0.955. The standard InChI is InChI=1S/C66H123N3O6/c1-4-7-10-13-16-19-22-25-28-31-34-37-40-43-46-49-58(52-61-55-70-61)73-64-67-65(74-59(53-62-56-71-62)50-47-44-41-38-35-32-29-26-23-20-17-14-11-8-5-2)69-66(68-64)75-60(54-63-57-72-63)51-48-45-42-39-36-33-30-27-24-21-18-15-12-9-6-3/h58-63H,4-57H2,1-3H3. The molecule has 9 heteroatoms. The van der Waals surface area contributed by atoms with Gasteiger partial charge in [-0.3, -0.25) is 0 Å². The number of ether oxygens (including phenoxy) is 6. The first kappa shape index (κ1) is 65.8. The van der Waals surface area contributed by atoms with Crippen LogP contribution in [0.15, 0.2) is 0 Å². The molecule has 0 bridgehead atoms. The largest absolute Gasteiger partial charge is 0.460 e. The fourth-order valence-corrected chi connectivity index (χ4v) is 11.3. The highest BCUT2D eigenvalue weighted by molar-refractivity contribution is 5.10. The number of unbranched alkanes of at least 4 members (excludes halogenated alkanes) is 42. The molecular formula is C66H123N3O6. The molecule has 3 aliphatic heterocycles. The summed E-state index contributed by atoms with van der Waals surface area (Å²) in [5, 5.41) is 0. The number of aromatic nitrogens is 3. The molecule has 0 N–H and O–H groups in total. The average Bonchev–Trinajstić information content (AvgIpc) is 4.26. The van der Waals surface area contributed by atoms with Gasteiger partial charge in [-0.25, -0.2) is 0 Å². The molecule has 4 rings (SSSR count). The molecule has 0 radical (unpaired) electrons. The minimum absolute atomic E-state index is 0.0189. The zero-order valence-corrected chi connectivity index (χ0v) is 49.9. The van der Waals surface area contributed by atoms with Gasteiger partial charge in [-0.2, -0.15) is 0 Å². The minimum atomic E-state index is -0.0189. The van der Waals surface area contributed by atoms with Crippen molar-refractivity contribution in [2.45, 2.75) is 385 Å². The van der Waals surface area contributed by atoms with E-state index in [1.165, 1.54) is 270 Å². The second-order valence-electron chi connectivity index (χ2n) is 24.2. The van der Waals surface area contributed by atoms with Crippen LogP contribution in [0, 0.1) is 0 Å². The zero-order valence-electron chi connectivity index (χ0n) is 49.9. The molecule has 4 heterocycles. The number of nitrogens with zero attached hydrogens (tertiary/aromatic N) is 3. The van der Waals surface area contributed by atoms with E-state index >= 15 is 0 Å². The Hall–Kier alpha value is -1.71. The van der Waals surface area contributed by atoms with Gasteiger partial charge in [0.25, 0.3) is 0 Å². The van der Waals surface area contributed by atoms with Crippen LogP contribution in [0.4, 0.5) is 0 Å². The maximum atomic E-state index is 6.75. The maximum Gasteiger partial charge on any atom is 0.326 e. The monoisotopic (exact) mass is 1050 g/mol. The lowest BCUT2D eigenvalue weighted by atomic mass is 10.0. The molecule has 0 aliphatic carbocycles. The SMILES string of the molecule is CCCCCCCCCCCCCCCCCC(CC1CO1)Oc1nc(OC(CCCCCCCCCCCCCCCCC)CC2CO2)nc(OC(CCCCCCCCCCCCCCCCC)CC2CO2)n1. The van der Waals surface area contributed by atoms with Crippen molar-refractivity contribution in [1.29, 1.82) is 0 Å². The number of hydrogen-bond donors (Lipinski definition) is 0. The molecule has 3 aliphatic rings. The Labute approximate surface area is 464 Å². The third kappa shape index (κ3) is 40.2. The van der Waals surface area contributed by atoms with Crippen LogP contribution in [0.25, 0.3) is 0 Å². The van der Waals surface area contributed by atoms with Crippen LogP contribution >= 0.6 is 0 Å². The van der Waals surface area contributed by atoms with Crippen molar-refractivity contribution >= 4 is 0 Å². The van der Waals surface area contributed by atoms with Crippen LogP contribution in [-0.4, -0.2) is 71.4 Å². The Morgan fingerprint density at radius 2 is 0.440 bits per heavy atom. The summed E-state index contributed by atoms with van der Waals surface area (Å²) < 4.78 is 37.5. The molecule has 9 nitrogen and oxygen atoms in total. The van der Waals surface area contributed by atoms with Gasteiger partial charge >= 0.3 is 18.0 Å². The summed E-state index contributed by atoms with van der Waals surface area (Å²) in [7, 11) is 0. The van der Waals surface area contributed by atoms with Gasteiger partial charge in [-0.15, -0.1) is 15.0 Å². The van der Waals surface area contributed by atoms with E-state index in [0.717, 1.165) is 77.6 Å². The van der Waals surface area contributed by atoms with Crippen molar-refractivity contribution < 1.29 is 28.4 Å². The van der Waals surface area contributed by atoms with Crippen LogP contribution in [0.5, 0.6) is 18.0 Å². The lowest BCUT2D eigenvalue weighted by Crippen LogP contribution is -2.24. The van der Waals surface area contributed by atoms with Crippen molar-refractivity contribution in [3.8, 4) is 18.0 Å². The zero-order chi connectivity index (χ0) is 52.7.